The van der Waals surface area contributed by atoms with Crippen LogP contribution in [0, 0.1) is 17.0 Å². The number of nitro groups is 1. The molecule has 1 heterocycles. The van der Waals surface area contributed by atoms with Crippen LogP contribution in [0.1, 0.15) is 28.8 Å². The average molecular weight is 414 g/mol. The third kappa shape index (κ3) is 5.54. The van der Waals surface area contributed by atoms with E-state index in [-0.39, 0.29) is 23.0 Å². The van der Waals surface area contributed by atoms with E-state index in [2.05, 4.69) is 5.32 Å². The highest BCUT2D eigenvalue weighted by atomic mass is 16.6. The minimum Gasteiger partial charge on any atom is -0.491 e. The van der Waals surface area contributed by atoms with E-state index in [9.17, 15) is 19.7 Å². The maximum atomic E-state index is 12.1. The summed E-state index contributed by atoms with van der Waals surface area (Å²) in [5.74, 6) is -0.643. The summed E-state index contributed by atoms with van der Waals surface area (Å²) in [6, 6.07) is 10.8. The van der Waals surface area contributed by atoms with E-state index in [0.29, 0.717) is 17.9 Å². The van der Waals surface area contributed by atoms with Gasteiger partial charge in [-0.1, -0.05) is 6.07 Å². The van der Waals surface area contributed by atoms with Crippen LogP contribution in [0.25, 0.3) is 0 Å². The Morgan fingerprint density at radius 2 is 2.00 bits per heavy atom. The maximum absolute atomic E-state index is 12.1. The lowest BCUT2D eigenvalue weighted by molar-refractivity contribution is -0.385. The van der Waals surface area contributed by atoms with Gasteiger partial charge >= 0.3 is 5.97 Å². The number of hydrogen-bond acceptors (Lipinski definition) is 7. The minimum atomic E-state index is -0.661. The fraction of sp³-hybridized carbons (Fsp3) is 0.333. The molecule has 1 aliphatic rings. The Hall–Kier alpha value is -3.46. The molecule has 1 N–H and O–H groups in total. The Kier molecular flexibility index (Phi) is 6.97. The molecule has 30 heavy (non-hydrogen) atoms. The highest BCUT2D eigenvalue weighted by molar-refractivity contribution is 5.96. The molecule has 0 saturated carbocycles. The molecule has 1 unspecified atom stereocenters. The number of nitro benzene ring substituents is 1. The van der Waals surface area contributed by atoms with Crippen molar-refractivity contribution in [1.82, 2.24) is 0 Å². The second kappa shape index (κ2) is 9.84. The topological polar surface area (TPSA) is 117 Å². The smallest absolute Gasteiger partial charge is 0.338 e. The zero-order valence-electron chi connectivity index (χ0n) is 16.5. The van der Waals surface area contributed by atoms with Crippen molar-refractivity contribution >= 4 is 23.3 Å². The Morgan fingerprint density at radius 1 is 1.23 bits per heavy atom. The van der Waals surface area contributed by atoms with Crippen LogP contribution in [0.5, 0.6) is 5.75 Å². The van der Waals surface area contributed by atoms with Gasteiger partial charge in [0.25, 0.3) is 11.6 Å². The number of benzene rings is 2. The van der Waals surface area contributed by atoms with E-state index in [1.807, 2.05) is 0 Å². The lowest BCUT2D eigenvalue weighted by Crippen LogP contribution is -2.21. The molecule has 1 aliphatic heterocycles. The van der Waals surface area contributed by atoms with Crippen LogP contribution in [0.3, 0.4) is 0 Å². The molecular formula is C21H22N2O7. The first-order valence-electron chi connectivity index (χ1n) is 9.49. The van der Waals surface area contributed by atoms with Gasteiger partial charge in [0.1, 0.15) is 12.4 Å². The van der Waals surface area contributed by atoms with Gasteiger partial charge in [-0.2, -0.15) is 0 Å². The Labute approximate surface area is 173 Å². The number of ether oxygens (including phenoxy) is 3. The molecule has 9 heteroatoms. The lowest BCUT2D eigenvalue weighted by atomic mass is 10.1. The normalized spacial score (nSPS) is 15.4. The van der Waals surface area contributed by atoms with Crippen LogP contribution in [0.4, 0.5) is 11.4 Å². The molecular weight excluding hydrogens is 392 g/mol. The van der Waals surface area contributed by atoms with Gasteiger partial charge in [0.15, 0.2) is 6.61 Å². The van der Waals surface area contributed by atoms with Crippen molar-refractivity contribution in [1.29, 1.82) is 0 Å². The number of hydrogen-bond donors (Lipinski definition) is 1. The predicted molar refractivity (Wildman–Crippen MR) is 108 cm³/mol. The first-order chi connectivity index (χ1) is 14.4. The Morgan fingerprint density at radius 3 is 2.67 bits per heavy atom. The SMILES string of the molecule is Cc1c(NC(=O)COC(=O)c2ccc(OCC3CCCO3)cc2)cccc1[N+](=O)[O-]. The van der Waals surface area contributed by atoms with Gasteiger partial charge in [0.05, 0.1) is 27.8 Å². The van der Waals surface area contributed by atoms with Gasteiger partial charge in [-0.3, -0.25) is 14.9 Å². The van der Waals surface area contributed by atoms with E-state index in [0.717, 1.165) is 19.4 Å². The van der Waals surface area contributed by atoms with Crippen LogP contribution in [-0.2, 0) is 14.3 Å². The fourth-order valence-corrected chi connectivity index (χ4v) is 3.01. The van der Waals surface area contributed by atoms with Crippen molar-refractivity contribution in [3.63, 3.8) is 0 Å². The van der Waals surface area contributed by atoms with Crippen LogP contribution in [0.2, 0.25) is 0 Å². The van der Waals surface area contributed by atoms with E-state index in [1.54, 1.807) is 24.3 Å². The highest BCUT2D eigenvalue weighted by Crippen LogP contribution is 2.25. The Bertz CT molecular complexity index is 921. The summed E-state index contributed by atoms with van der Waals surface area (Å²) in [6.07, 6.45) is 2.11. The van der Waals surface area contributed by atoms with Gasteiger partial charge in [0.2, 0.25) is 0 Å². The summed E-state index contributed by atoms with van der Waals surface area (Å²) < 4.78 is 16.1. The molecule has 158 valence electrons. The molecule has 1 amide bonds. The number of esters is 1. The number of anilines is 1. The van der Waals surface area contributed by atoms with Gasteiger partial charge in [-0.05, 0) is 50.1 Å². The molecule has 0 spiro atoms. The summed E-state index contributed by atoms with van der Waals surface area (Å²) in [4.78, 5) is 34.6. The summed E-state index contributed by atoms with van der Waals surface area (Å²) in [5.41, 5.74) is 0.782. The molecule has 1 atom stereocenters. The second-order valence-corrected chi connectivity index (χ2v) is 6.80. The Balaban J connectivity index is 1.48. The third-order valence-electron chi connectivity index (χ3n) is 4.66. The summed E-state index contributed by atoms with van der Waals surface area (Å²) in [7, 11) is 0. The van der Waals surface area contributed by atoms with Crippen LogP contribution < -0.4 is 10.1 Å². The van der Waals surface area contributed by atoms with Crippen molar-refractivity contribution in [3.8, 4) is 5.75 Å². The van der Waals surface area contributed by atoms with E-state index >= 15 is 0 Å². The number of amides is 1. The molecule has 2 aromatic carbocycles. The second-order valence-electron chi connectivity index (χ2n) is 6.80. The van der Waals surface area contributed by atoms with Crippen molar-refractivity contribution in [2.45, 2.75) is 25.9 Å². The zero-order valence-corrected chi connectivity index (χ0v) is 16.5. The minimum absolute atomic E-state index is 0.0999. The molecule has 9 nitrogen and oxygen atoms in total. The predicted octanol–water partition coefficient (Wildman–Crippen LogP) is 3.26. The summed E-state index contributed by atoms with van der Waals surface area (Å²) in [5, 5.41) is 13.5. The first kappa shape index (κ1) is 21.3. The van der Waals surface area contributed by atoms with Crippen molar-refractivity contribution < 1.29 is 28.7 Å². The monoisotopic (exact) mass is 414 g/mol. The van der Waals surface area contributed by atoms with Gasteiger partial charge in [-0.25, -0.2) is 4.79 Å². The number of carbonyl (C=O) groups excluding carboxylic acids is 2. The van der Waals surface area contributed by atoms with E-state index in [4.69, 9.17) is 14.2 Å². The molecule has 2 aromatic rings. The molecule has 0 aliphatic carbocycles. The van der Waals surface area contributed by atoms with Gasteiger partial charge in [0, 0.05) is 12.7 Å². The van der Waals surface area contributed by atoms with Crippen molar-refractivity contribution in [2.75, 3.05) is 25.1 Å². The quantitative estimate of drug-likeness (QED) is 0.400. The number of rotatable bonds is 8. The molecule has 1 saturated heterocycles. The fourth-order valence-electron chi connectivity index (χ4n) is 3.01. The largest absolute Gasteiger partial charge is 0.491 e. The molecule has 0 bridgehead atoms. The molecule has 0 radical (unpaired) electrons. The summed E-state index contributed by atoms with van der Waals surface area (Å²) >= 11 is 0. The number of carbonyl (C=O) groups is 2. The van der Waals surface area contributed by atoms with Crippen molar-refractivity contribution in [2.24, 2.45) is 0 Å². The zero-order chi connectivity index (χ0) is 21.5. The molecule has 1 fully saturated rings. The van der Waals surface area contributed by atoms with Crippen LogP contribution in [0.15, 0.2) is 42.5 Å². The van der Waals surface area contributed by atoms with E-state index in [1.165, 1.54) is 25.1 Å². The molecule has 3 rings (SSSR count). The highest BCUT2D eigenvalue weighted by Gasteiger charge is 2.17. The van der Waals surface area contributed by atoms with Gasteiger partial charge < -0.3 is 19.5 Å². The van der Waals surface area contributed by atoms with E-state index < -0.39 is 23.4 Å². The third-order valence-corrected chi connectivity index (χ3v) is 4.66. The van der Waals surface area contributed by atoms with Crippen LogP contribution in [-0.4, -0.2) is 42.7 Å². The summed E-state index contributed by atoms with van der Waals surface area (Å²) in [6.45, 7) is 2.23. The van der Waals surface area contributed by atoms with Crippen molar-refractivity contribution in [3.05, 3.63) is 63.7 Å². The maximum Gasteiger partial charge on any atom is 0.338 e. The van der Waals surface area contributed by atoms with Gasteiger partial charge in [-0.15, -0.1) is 0 Å². The number of nitrogens with zero attached hydrogens (tertiary/aromatic N) is 1. The standard InChI is InChI=1S/C21H22N2O7/c1-14-18(5-2-6-19(14)23(26)27)22-20(24)13-30-21(25)15-7-9-16(10-8-15)29-12-17-4-3-11-28-17/h2,5-10,17H,3-4,11-13H2,1H3,(H,22,24). The number of nitrogens with one attached hydrogen (secondary N) is 1. The first-order valence-corrected chi connectivity index (χ1v) is 9.49. The van der Waals surface area contributed by atoms with Crippen LogP contribution >= 0.6 is 0 Å². The lowest BCUT2D eigenvalue weighted by Gasteiger charge is -2.12. The average Bonchev–Trinajstić information content (AvgIpc) is 3.26. The molecule has 0 aromatic heterocycles.